The molecule has 0 spiro atoms. The van der Waals surface area contributed by atoms with E-state index in [2.05, 4.69) is 39.0 Å². The molecule has 68 valence electrons. The molecule has 0 saturated heterocycles. The Morgan fingerprint density at radius 2 is 2.36 bits per heavy atom. The van der Waals surface area contributed by atoms with E-state index in [9.17, 15) is 0 Å². The van der Waals surface area contributed by atoms with Crippen molar-refractivity contribution in [2.75, 3.05) is 0 Å². The summed E-state index contributed by atoms with van der Waals surface area (Å²) < 4.78 is 2.18. The van der Waals surface area contributed by atoms with Gasteiger partial charge in [-0.1, -0.05) is 12.2 Å². The van der Waals surface area contributed by atoms with Crippen molar-refractivity contribution in [3.8, 4) is 11.4 Å². The number of rotatable bonds is 0. The van der Waals surface area contributed by atoms with E-state index < -0.39 is 0 Å². The first-order valence-electron chi connectivity index (χ1n) is 4.57. The number of nitrogens with zero attached hydrogens (tertiary/aromatic N) is 3. The van der Waals surface area contributed by atoms with Gasteiger partial charge in [0, 0.05) is 24.5 Å². The first-order valence-corrected chi connectivity index (χ1v) is 4.57. The van der Waals surface area contributed by atoms with Gasteiger partial charge in [-0.05, 0) is 12.1 Å². The van der Waals surface area contributed by atoms with Crippen LogP contribution in [0, 0.1) is 0 Å². The lowest BCUT2D eigenvalue weighted by Gasteiger charge is -2.04. The Labute approximate surface area is 81.7 Å². The number of hydrogen-bond acceptors (Lipinski definition) is 2. The van der Waals surface area contributed by atoms with Crippen LogP contribution in [0.25, 0.3) is 17.5 Å². The minimum absolute atomic E-state index is 0.901. The van der Waals surface area contributed by atoms with E-state index in [1.165, 1.54) is 0 Å². The summed E-state index contributed by atoms with van der Waals surface area (Å²) in [7, 11) is 0. The summed E-state index contributed by atoms with van der Waals surface area (Å²) >= 11 is 0. The molecule has 1 aliphatic rings. The Morgan fingerprint density at radius 3 is 3.36 bits per heavy atom. The third kappa shape index (κ3) is 0.988. The third-order valence-corrected chi connectivity index (χ3v) is 2.41. The molecule has 2 aromatic heterocycles. The second-order valence-corrected chi connectivity index (χ2v) is 3.27. The largest absolute Gasteiger partial charge is 0.342 e. The zero-order valence-electron chi connectivity index (χ0n) is 7.59. The summed E-state index contributed by atoms with van der Waals surface area (Å²) in [6.07, 6.45) is 9.70. The first kappa shape index (κ1) is 7.50. The molecular weight excluding hydrogens is 174 g/mol. The van der Waals surface area contributed by atoms with E-state index in [0.717, 1.165) is 23.5 Å². The summed E-state index contributed by atoms with van der Waals surface area (Å²) in [6, 6.07) is 4.12. The van der Waals surface area contributed by atoms with Crippen molar-refractivity contribution in [3.05, 3.63) is 42.5 Å². The highest BCUT2D eigenvalue weighted by Crippen LogP contribution is 2.24. The molecule has 0 bridgehead atoms. The van der Waals surface area contributed by atoms with Crippen LogP contribution >= 0.6 is 0 Å². The summed E-state index contributed by atoms with van der Waals surface area (Å²) in [5, 5.41) is 0. The fourth-order valence-corrected chi connectivity index (χ4v) is 1.76. The van der Waals surface area contributed by atoms with Gasteiger partial charge in [0.25, 0.3) is 0 Å². The second-order valence-electron chi connectivity index (χ2n) is 3.27. The molecule has 3 heterocycles. The Balaban J connectivity index is 2.34. The van der Waals surface area contributed by atoms with Crippen molar-refractivity contribution in [2.45, 2.75) is 6.54 Å². The van der Waals surface area contributed by atoms with Crippen LogP contribution in [0.4, 0.5) is 0 Å². The van der Waals surface area contributed by atoms with Crippen LogP contribution in [0.3, 0.4) is 0 Å². The standard InChI is InChI=1S/C11H9N3/c1-3-9-7-12-8-13-11(9)10-4-2-6-14(10)5-1/h1-4,6-8H,5H2. The summed E-state index contributed by atoms with van der Waals surface area (Å²) in [4.78, 5) is 8.33. The van der Waals surface area contributed by atoms with Gasteiger partial charge in [0.15, 0.2) is 0 Å². The quantitative estimate of drug-likeness (QED) is 0.625. The number of aromatic nitrogens is 3. The highest BCUT2D eigenvalue weighted by molar-refractivity contribution is 5.70. The zero-order chi connectivity index (χ0) is 9.38. The van der Waals surface area contributed by atoms with E-state index in [0.29, 0.717) is 0 Å². The molecule has 3 nitrogen and oxygen atoms in total. The zero-order valence-corrected chi connectivity index (χ0v) is 7.59. The molecule has 1 aliphatic heterocycles. The van der Waals surface area contributed by atoms with Gasteiger partial charge in [-0.25, -0.2) is 9.97 Å². The molecule has 0 aromatic carbocycles. The van der Waals surface area contributed by atoms with Gasteiger partial charge in [-0.15, -0.1) is 0 Å². The molecule has 0 unspecified atom stereocenters. The van der Waals surface area contributed by atoms with Crippen molar-refractivity contribution >= 4 is 6.08 Å². The molecule has 0 amide bonds. The molecule has 0 fully saturated rings. The molecule has 0 aliphatic carbocycles. The normalized spacial score (nSPS) is 13.1. The average molecular weight is 183 g/mol. The lowest BCUT2D eigenvalue weighted by molar-refractivity contribution is 0.841. The van der Waals surface area contributed by atoms with Gasteiger partial charge >= 0.3 is 0 Å². The van der Waals surface area contributed by atoms with Gasteiger partial charge in [-0.2, -0.15) is 0 Å². The fourth-order valence-electron chi connectivity index (χ4n) is 1.76. The molecule has 3 heteroatoms. The Morgan fingerprint density at radius 1 is 1.36 bits per heavy atom. The smallest absolute Gasteiger partial charge is 0.116 e. The van der Waals surface area contributed by atoms with E-state index >= 15 is 0 Å². The predicted molar refractivity (Wildman–Crippen MR) is 54.5 cm³/mol. The lowest BCUT2D eigenvalue weighted by Crippen LogP contribution is -1.96. The van der Waals surface area contributed by atoms with Crippen LogP contribution in [-0.4, -0.2) is 14.5 Å². The monoisotopic (exact) mass is 183 g/mol. The molecule has 3 rings (SSSR count). The van der Waals surface area contributed by atoms with Crippen LogP contribution in [0.15, 0.2) is 36.9 Å². The molecular formula is C11H9N3. The summed E-state index contributed by atoms with van der Waals surface area (Å²) in [5.74, 6) is 0. The van der Waals surface area contributed by atoms with Crippen molar-refractivity contribution in [2.24, 2.45) is 0 Å². The Bertz CT molecular complexity index is 497. The molecule has 14 heavy (non-hydrogen) atoms. The fraction of sp³-hybridized carbons (Fsp3) is 0.0909. The molecule has 0 radical (unpaired) electrons. The Kier molecular flexibility index (Phi) is 1.50. The number of fused-ring (bicyclic) bond motifs is 3. The lowest BCUT2D eigenvalue weighted by atomic mass is 10.2. The maximum Gasteiger partial charge on any atom is 0.116 e. The maximum atomic E-state index is 4.31. The van der Waals surface area contributed by atoms with Crippen LogP contribution in [0.2, 0.25) is 0 Å². The van der Waals surface area contributed by atoms with Crippen LogP contribution in [-0.2, 0) is 6.54 Å². The number of hydrogen-bond donors (Lipinski definition) is 0. The van der Waals surface area contributed by atoms with E-state index in [4.69, 9.17) is 0 Å². The first-order chi connectivity index (χ1) is 6.95. The van der Waals surface area contributed by atoms with Crippen molar-refractivity contribution in [1.82, 2.24) is 14.5 Å². The van der Waals surface area contributed by atoms with Crippen LogP contribution in [0.5, 0.6) is 0 Å². The van der Waals surface area contributed by atoms with E-state index in [-0.39, 0.29) is 0 Å². The van der Waals surface area contributed by atoms with Gasteiger partial charge < -0.3 is 4.57 Å². The maximum absolute atomic E-state index is 4.31. The topological polar surface area (TPSA) is 30.7 Å². The third-order valence-electron chi connectivity index (χ3n) is 2.41. The molecule has 0 N–H and O–H groups in total. The van der Waals surface area contributed by atoms with Gasteiger partial charge in [0.05, 0.1) is 11.4 Å². The Hall–Kier alpha value is -1.90. The SMILES string of the molecule is C1=Cc2cncnc2-c2cccn2C1. The average Bonchev–Trinajstić information content (AvgIpc) is 2.61. The van der Waals surface area contributed by atoms with Gasteiger partial charge in [-0.3, -0.25) is 0 Å². The van der Waals surface area contributed by atoms with Gasteiger partial charge in [0.2, 0.25) is 0 Å². The number of allylic oxidation sites excluding steroid dienone is 1. The highest BCUT2D eigenvalue weighted by Gasteiger charge is 2.10. The highest BCUT2D eigenvalue weighted by atomic mass is 15.0. The van der Waals surface area contributed by atoms with Crippen LogP contribution in [0.1, 0.15) is 5.56 Å². The molecule has 0 saturated carbocycles. The molecule has 2 aromatic rings. The molecule has 0 atom stereocenters. The minimum Gasteiger partial charge on any atom is -0.342 e. The minimum atomic E-state index is 0.901. The van der Waals surface area contributed by atoms with Crippen molar-refractivity contribution in [3.63, 3.8) is 0 Å². The van der Waals surface area contributed by atoms with Crippen LogP contribution < -0.4 is 0 Å². The van der Waals surface area contributed by atoms with Gasteiger partial charge in [0.1, 0.15) is 6.33 Å². The van der Waals surface area contributed by atoms with Crippen molar-refractivity contribution < 1.29 is 0 Å². The second kappa shape index (κ2) is 2.80. The van der Waals surface area contributed by atoms with Crippen molar-refractivity contribution in [1.29, 1.82) is 0 Å². The van der Waals surface area contributed by atoms with E-state index in [1.807, 2.05) is 12.3 Å². The summed E-state index contributed by atoms with van der Waals surface area (Å²) in [6.45, 7) is 0.901. The predicted octanol–water partition coefficient (Wildman–Crippen LogP) is 1.97. The summed E-state index contributed by atoms with van der Waals surface area (Å²) in [5.41, 5.74) is 3.26. The van der Waals surface area contributed by atoms with E-state index in [1.54, 1.807) is 6.33 Å².